The van der Waals surface area contributed by atoms with Crippen molar-refractivity contribution in [2.75, 3.05) is 0 Å². The average molecular weight is 327 g/mol. The zero-order chi connectivity index (χ0) is 17.4. The average Bonchev–Trinajstić information content (AvgIpc) is 2.53. The van der Waals surface area contributed by atoms with Crippen LogP contribution in [0.25, 0.3) is 0 Å². The Balaban J connectivity index is 2.25. The van der Waals surface area contributed by atoms with E-state index in [1.54, 1.807) is 0 Å². The molecule has 0 radical (unpaired) electrons. The molecule has 0 amide bonds. The summed E-state index contributed by atoms with van der Waals surface area (Å²) in [6, 6.07) is 7.18. The first kappa shape index (κ1) is 15.0. The minimum Gasteiger partial charge on any atom is -0.424 e. The van der Waals surface area contributed by atoms with Crippen molar-refractivity contribution in [1.82, 2.24) is 9.97 Å². The molecule has 120 valence electrons. The van der Waals surface area contributed by atoms with Crippen LogP contribution in [-0.2, 0) is 0 Å². The SMILES string of the molecule is N#CC1=C(N)Oc2[nH]c(=O)[nH]c(=O)c2C1c1ccc([N+](=O)[O-])cc1. The van der Waals surface area contributed by atoms with E-state index in [4.69, 9.17) is 10.5 Å². The third-order valence-corrected chi connectivity index (χ3v) is 3.56. The molecule has 1 aromatic heterocycles. The van der Waals surface area contributed by atoms with Gasteiger partial charge in [0.1, 0.15) is 11.6 Å². The van der Waals surface area contributed by atoms with Gasteiger partial charge >= 0.3 is 5.69 Å². The number of nitrogens with two attached hydrogens (primary N) is 1. The molecule has 0 fully saturated rings. The molecule has 3 rings (SSSR count). The Morgan fingerprint density at radius 3 is 2.50 bits per heavy atom. The van der Waals surface area contributed by atoms with Crippen molar-refractivity contribution in [3.8, 4) is 11.9 Å². The number of nitrogens with zero attached hydrogens (tertiary/aromatic N) is 2. The van der Waals surface area contributed by atoms with Crippen molar-refractivity contribution < 1.29 is 9.66 Å². The van der Waals surface area contributed by atoms with E-state index in [0.29, 0.717) is 5.56 Å². The largest absolute Gasteiger partial charge is 0.424 e. The van der Waals surface area contributed by atoms with Gasteiger partial charge in [-0.2, -0.15) is 5.26 Å². The normalized spacial score (nSPS) is 16.0. The predicted molar refractivity (Wildman–Crippen MR) is 80.1 cm³/mol. The van der Waals surface area contributed by atoms with Crippen LogP contribution in [0.1, 0.15) is 17.0 Å². The number of allylic oxidation sites excluding steroid dienone is 1. The highest BCUT2D eigenvalue weighted by Crippen LogP contribution is 2.38. The molecule has 0 saturated heterocycles. The summed E-state index contributed by atoms with van der Waals surface area (Å²) in [7, 11) is 0. The van der Waals surface area contributed by atoms with Gasteiger partial charge in [0.2, 0.25) is 11.8 Å². The molecule has 0 bridgehead atoms. The number of H-pyrrole nitrogens is 2. The molecule has 4 N–H and O–H groups in total. The summed E-state index contributed by atoms with van der Waals surface area (Å²) in [6.45, 7) is 0. The minimum atomic E-state index is -0.917. The maximum Gasteiger partial charge on any atom is 0.328 e. The highest BCUT2D eigenvalue weighted by molar-refractivity contribution is 5.53. The number of benzene rings is 1. The van der Waals surface area contributed by atoms with Crippen molar-refractivity contribution in [2.45, 2.75) is 5.92 Å². The van der Waals surface area contributed by atoms with Crippen molar-refractivity contribution in [3.05, 3.63) is 77.8 Å². The van der Waals surface area contributed by atoms with Crippen LogP contribution in [0.3, 0.4) is 0 Å². The maximum absolute atomic E-state index is 12.2. The molecule has 2 heterocycles. The monoisotopic (exact) mass is 327 g/mol. The van der Waals surface area contributed by atoms with Gasteiger partial charge in [-0.15, -0.1) is 0 Å². The molecular formula is C14H9N5O5. The molecule has 0 spiro atoms. The summed E-state index contributed by atoms with van der Waals surface area (Å²) < 4.78 is 5.16. The van der Waals surface area contributed by atoms with Crippen LogP contribution in [0.5, 0.6) is 5.88 Å². The second kappa shape index (κ2) is 5.40. The van der Waals surface area contributed by atoms with E-state index in [1.165, 1.54) is 24.3 Å². The van der Waals surface area contributed by atoms with Crippen molar-refractivity contribution in [3.63, 3.8) is 0 Å². The number of fused-ring (bicyclic) bond motifs is 1. The summed E-state index contributed by atoms with van der Waals surface area (Å²) in [6.07, 6.45) is 0. The zero-order valence-corrected chi connectivity index (χ0v) is 11.9. The maximum atomic E-state index is 12.2. The Morgan fingerprint density at radius 2 is 1.92 bits per heavy atom. The molecule has 0 saturated carbocycles. The van der Waals surface area contributed by atoms with Crippen LogP contribution >= 0.6 is 0 Å². The number of nitro benzene ring substituents is 1. The van der Waals surface area contributed by atoms with Crippen molar-refractivity contribution in [1.29, 1.82) is 5.26 Å². The number of non-ortho nitro benzene ring substituents is 1. The highest BCUT2D eigenvalue weighted by atomic mass is 16.6. The Morgan fingerprint density at radius 1 is 1.25 bits per heavy atom. The van der Waals surface area contributed by atoms with Crippen LogP contribution in [0.15, 0.2) is 45.3 Å². The lowest BCUT2D eigenvalue weighted by Gasteiger charge is -2.24. The molecule has 10 heteroatoms. The topological polar surface area (TPSA) is 168 Å². The summed E-state index contributed by atoms with van der Waals surface area (Å²) in [5.41, 5.74) is 4.42. The smallest absolute Gasteiger partial charge is 0.328 e. The number of nitrogens with one attached hydrogen (secondary N) is 2. The van der Waals surface area contributed by atoms with E-state index in [1.807, 2.05) is 6.07 Å². The van der Waals surface area contributed by atoms with E-state index in [2.05, 4.69) is 9.97 Å². The Kier molecular flexibility index (Phi) is 3.38. The van der Waals surface area contributed by atoms with Gasteiger partial charge in [-0.3, -0.25) is 24.9 Å². The number of aromatic amines is 2. The second-order valence-corrected chi connectivity index (χ2v) is 4.92. The Bertz CT molecular complexity index is 1030. The summed E-state index contributed by atoms with van der Waals surface area (Å²) >= 11 is 0. The minimum absolute atomic E-state index is 0.00537. The van der Waals surface area contributed by atoms with Crippen LogP contribution in [0.2, 0.25) is 0 Å². The van der Waals surface area contributed by atoms with Crippen LogP contribution < -0.4 is 21.7 Å². The van der Waals surface area contributed by atoms with E-state index in [-0.39, 0.29) is 28.6 Å². The number of hydrogen-bond acceptors (Lipinski definition) is 7. The zero-order valence-electron chi connectivity index (χ0n) is 11.9. The number of nitro groups is 1. The van der Waals surface area contributed by atoms with Gasteiger partial charge in [-0.25, -0.2) is 4.79 Å². The molecule has 24 heavy (non-hydrogen) atoms. The number of ether oxygens (including phenoxy) is 1. The third-order valence-electron chi connectivity index (χ3n) is 3.56. The molecular weight excluding hydrogens is 318 g/mol. The van der Waals surface area contributed by atoms with E-state index in [9.17, 15) is 25.0 Å². The standard InChI is InChI=1S/C14H9N5O5/c15-5-8-9(6-1-3-7(4-2-6)19(22)23)10-12(20)17-14(21)18-13(10)24-11(8)16/h1-4,9H,16H2,(H2,17,18,20,21). The van der Waals surface area contributed by atoms with Crippen LogP contribution in [-0.4, -0.2) is 14.9 Å². The molecule has 1 aromatic carbocycles. The molecule has 1 atom stereocenters. The molecule has 10 nitrogen and oxygen atoms in total. The summed E-state index contributed by atoms with van der Waals surface area (Å²) in [4.78, 5) is 38.1. The fourth-order valence-corrected chi connectivity index (χ4v) is 2.51. The quantitative estimate of drug-likeness (QED) is 0.522. The van der Waals surface area contributed by atoms with E-state index < -0.39 is 22.1 Å². The number of rotatable bonds is 2. The third kappa shape index (κ3) is 2.30. The van der Waals surface area contributed by atoms with Crippen LogP contribution in [0, 0.1) is 21.4 Å². The molecule has 2 aromatic rings. The van der Waals surface area contributed by atoms with Gasteiger partial charge in [0.05, 0.1) is 16.4 Å². The van der Waals surface area contributed by atoms with Crippen LogP contribution in [0.4, 0.5) is 5.69 Å². The molecule has 1 aliphatic rings. The second-order valence-electron chi connectivity index (χ2n) is 4.92. The van der Waals surface area contributed by atoms with Crippen molar-refractivity contribution >= 4 is 5.69 Å². The molecule has 0 aliphatic carbocycles. The fraction of sp³-hybridized carbons (Fsp3) is 0.0714. The fourth-order valence-electron chi connectivity index (χ4n) is 2.51. The Hall–Kier alpha value is -3.87. The molecule has 1 unspecified atom stereocenters. The number of hydrogen-bond donors (Lipinski definition) is 3. The van der Waals surface area contributed by atoms with E-state index >= 15 is 0 Å². The lowest BCUT2D eigenvalue weighted by molar-refractivity contribution is -0.384. The van der Waals surface area contributed by atoms with Gasteiger partial charge in [-0.1, -0.05) is 12.1 Å². The first-order valence-electron chi connectivity index (χ1n) is 6.60. The number of nitriles is 1. The van der Waals surface area contributed by atoms with Gasteiger partial charge in [0.15, 0.2) is 0 Å². The lowest BCUT2D eigenvalue weighted by atomic mass is 9.85. The lowest BCUT2D eigenvalue weighted by Crippen LogP contribution is -2.33. The first-order chi connectivity index (χ1) is 11.4. The van der Waals surface area contributed by atoms with Gasteiger partial charge in [0, 0.05) is 12.1 Å². The van der Waals surface area contributed by atoms with Crippen molar-refractivity contribution in [2.24, 2.45) is 5.73 Å². The Labute approximate surface area is 133 Å². The summed E-state index contributed by atoms with van der Waals surface area (Å²) in [5.74, 6) is -1.33. The van der Waals surface area contributed by atoms with Gasteiger partial charge < -0.3 is 10.5 Å². The van der Waals surface area contributed by atoms with Gasteiger partial charge in [0.25, 0.3) is 11.2 Å². The molecule has 1 aliphatic heterocycles. The highest BCUT2D eigenvalue weighted by Gasteiger charge is 2.34. The number of aromatic nitrogens is 2. The predicted octanol–water partition coefficient (Wildman–Crippen LogP) is 0.190. The first-order valence-corrected chi connectivity index (χ1v) is 6.60. The summed E-state index contributed by atoms with van der Waals surface area (Å²) in [5, 5.41) is 20.1. The van der Waals surface area contributed by atoms with E-state index in [0.717, 1.165) is 0 Å². The van der Waals surface area contributed by atoms with Gasteiger partial charge in [-0.05, 0) is 5.56 Å².